The minimum absolute atomic E-state index is 0.0369. The van der Waals surface area contributed by atoms with Crippen LogP contribution in [0.5, 0.6) is 0 Å². The molecule has 0 radical (unpaired) electrons. The van der Waals surface area contributed by atoms with Crippen molar-refractivity contribution < 1.29 is 0 Å². The Morgan fingerprint density at radius 2 is 1.34 bits per heavy atom. The molecule has 4 heteroatoms. The second-order valence-electron chi connectivity index (χ2n) is 13.5. The Hall–Kier alpha value is -5.92. The Balaban J connectivity index is 1.07. The fourth-order valence-corrected chi connectivity index (χ4v) is 8.21. The summed E-state index contributed by atoms with van der Waals surface area (Å²) in [6.07, 6.45) is 22.4. The molecule has 0 amide bonds. The average molecular weight is 647 g/mol. The van der Waals surface area contributed by atoms with Crippen molar-refractivity contribution in [2.24, 2.45) is 4.99 Å². The van der Waals surface area contributed by atoms with Crippen molar-refractivity contribution in [2.75, 3.05) is 9.80 Å². The standard InChI is InChI=1S/C46H38N4/c47-31-32-19-27-39(28-20-32)50-45-43-18-10-8-16-41(43)40-15-7-9-17-42(40)44(45)48-46(50)35-23-21-33(22-24-35)34-25-29-38(30-26-34)49(36-11-3-1-4-12-36)37-13-5-2-6-14-37/h1,3-5,9-14,17-30,45-46H,2,6-8,15-16H2. The molecular formula is C46H38N4. The van der Waals surface area contributed by atoms with Crippen molar-refractivity contribution in [3.8, 4) is 17.2 Å². The zero-order chi connectivity index (χ0) is 33.4. The minimum atomic E-state index is -0.179. The van der Waals surface area contributed by atoms with Crippen LogP contribution in [0, 0.1) is 11.3 Å². The molecular weight excluding hydrogens is 609 g/mol. The quantitative estimate of drug-likeness (QED) is 0.209. The number of para-hydroxylation sites is 1. The molecule has 0 aromatic heterocycles. The smallest absolute Gasteiger partial charge is 0.148 e. The second-order valence-corrected chi connectivity index (χ2v) is 13.5. The van der Waals surface area contributed by atoms with E-state index >= 15 is 0 Å². The van der Waals surface area contributed by atoms with E-state index in [9.17, 15) is 5.26 Å². The first kappa shape index (κ1) is 30.2. The first-order valence-corrected chi connectivity index (χ1v) is 17.9. The Bertz CT molecular complexity index is 2200. The van der Waals surface area contributed by atoms with E-state index in [1.165, 1.54) is 44.8 Å². The third-order valence-electron chi connectivity index (χ3n) is 10.6. The lowest BCUT2D eigenvalue weighted by Crippen LogP contribution is -2.42. The molecule has 4 nitrogen and oxygen atoms in total. The van der Waals surface area contributed by atoms with Gasteiger partial charge in [0.15, 0.2) is 0 Å². The van der Waals surface area contributed by atoms with Gasteiger partial charge >= 0.3 is 0 Å². The topological polar surface area (TPSA) is 42.6 Å². The molecule has 2 atom stereocenters. The average Bonchev–Trinajstić information content (AvgIpc) is 3.61. The van der Waals surface area contributed by atoms with Crippen LogP contribution < -0.4 is 9.80 Å². The molecule has 0 fully saturated rings. The molecule has 4 aromatic carbocycles. The van der Waals surface area contributed by atoms with Crippen molar-refractivity contribution in [3.05, 3.63) is 185 Å². The van der Waals surface area contributed by atoms with Crippen molar-refractivity contribution in [2.45, 2.75) is 50.7 Å². The van der Waals surface area contributed by atoms with Crippen LogP contribution in [0.25, 0.3) is 11.1 Å². The lowest BCUT2D eigenvalue weighted by Gasteiger charge is -2.38. The maximum Gasteiger partial charge on any atom is 0.148 e. The molecule has 0 bridgehead atoms. The largest absolute Gasteiger partial charge is 0.333 e. The highest BCUT2D eigenvalue weighted by molar-refractivity contribution is 6.14. The summed E-state index contributed by atoms with van der Waals surface area (Å²) in [6, 6.07) is 38.8. The van der Waals surface area contributed by atoms with E-state index in [1.807, 2.05) is 12.1 Å². The van der Waals surface area contributed by atoms with Gasteiger partial charge in [-0.25, -0.2) is 0 Å². The molecule has 50 heavy (non-hydrogen) atoms. The molecule has 0 saturated carbocycles. The number of nitrogens with zero attached hydrogens (tertiary/aromatic N) is 4. The zero-order valence-corrected chi connectivity index (χ0v) is 28.0. The third kappa shape index (κ3) is 5.27. The normalized spacial score (nSPS) is 20.5. The fraction of sp³-hybridized carbons (Fsp3) is 0.174. The molecule has 1 aliphatic heterocycles. The maximum absolute atomic E-state index is 9.55. The van der Waals surface area contributed by atoms with Crippen LogP contribution >= 0.6 is 0 Å². The molecule has 0 saturated heterocycles. The summed E-state index contributed by atoms with van der Waals surface area (Å²) in [4.78, 5) is 10.4. The Morgan fingerprint density at radius 3 is 2.06 bits per heavy atom. The van der Waals surface area contributed by atoms with Gasteiger partial charge in [-0.05, 0) is 127 Å². The van der Waals surface area contributed by atoms with Gasteiger partial charge in [-0.15, -0.1) is 0 Å². The van der Waals surface area contributed by atoms with Crippen LogP contribution in [0.1, 0.15) is 55.8 Å². The predicted octanol–water partition coefficient (Wildman–Crippen LogP) is 11.2. The van der Waals surface area contributed by atoms with Crippen molar-refractivity contribution in [1.29, 1.82) is 5.26 Å². The molecule has 0 N–H and O–H groups in total. The van der Waals surface area contributed by atoms with Gasteiger partial charge in [-0.1, -0.05) is 91.1 Å². The molecule has 1 heterocycles. The van der Waals surface area contributed by atoms with Gasteiger partial charge in [-0.2, -0.15) is 5.26 Å². The van der Waals surface area contributed by atoms with Gasteiger partial charge in [0.25, 0.3) is 0 Å². The van der Waals surface area contributed by atoms with Gasteiger partial charge in [0.05, 0.1) is 23.4 Å². The van der Waals surface area contributed by atoms with Crippen LogP contribution in [0.15, 0.2) is 179 Å². The Kier molecular flexibility index (Phi) is 7.75. The molecule has 242 valence electrons. The van der Waals surface area contributed by atoms with E-state index in [2.05, 4.69) is 149 Å². The van der Waals surface area contributed by atoms with Crippen molar-refractivity contribution in [3.63, 3.8) is 0 Å². The van der Waals surface area contributed by atoms with Crippen LogP contribution in [0.2, 0.25) is 0 Å². The van der Waals surface area contributed by atoms with Gasteiger partial charge in [0.2, 0.25) is 0 Å². The number of hydrogen-bond donors (Lipinski definition) is 0. The van der Waals surface area contributed by atoms with E-state index in [-0.39, 0.29) is 12.2 Å². The molecule has 2 unspecified atom stereocenters. The summed E-state index contributed by atoms with van der Waals surface area (Å²) in [5, 5.41) is 9.55. The van der Waals surface area contributed by atoms with Crippen LogP contribution in [0.3, 0.4) is 0 Å². The van der Waals surface area contributed by atoms with E-state index in [4.69, 9.17) is 4.99 Å². The summed E-state index contributed by atoms with van der Waals surface area (Å²) >= 11 is 0. The molecule has 4 aromatic rings. The van der Waals surface area contributed by atoms with Crippen LogP contribution in [0.4, 0.5) is 17.1 Å². The lowest BCUT2D eigenvalue weighted by molar-refractivity contribution is 0.681. The van der Waals surface area contributed by atoms with Gasteiger partial charge in [0, 0.05) is 28.3 Å². The van der Waals surface area contributed by atoms with E-state index in [0.717, 1.165) is 61.2 Å². The number of benzene rings is 4. The van der Waals surface area contributed by atoms with E-state index < -0.39 is 0 Å². The summed E-state index contributed by atoms with van der Waals surface area (Å²) in [5.74, 6) is 0. The zero-order valence-electron chi connectivity index (χ0n) is 28.0. The van der Waals surface area contributed by atoms with Gasteiger partial charge < -0.3 is 9.80 Å². The predicted molar refractivity (Wildman–Crippen MR) is 205 cm³/mol. The molecule has 4 aliphatic carbocycles. The summed E-state index contributed by atoms with van der Waals surface area (Å²) in [6.45, 7) is 0. The number of allylic oxidation sites excluding steroid dienone is 8. The fourth-order valence-electron chi connectivity index (χ4n) is 8.21. The summed E-state index contributed by atoms with van der Waals surface area (Å²) in [7, 11) is 0. The lowest BCUT2D eigenvalue weighted by atomic mass is 9.74. The first-order valence-electron chi connectivity index (χ1n) is 17.9. The SMILES string of the molecule is N#Cc1ccc(N2C3C(=NC2c2ccc(-c4ccc(N(C5=CCCC=C5)c5ccccc5)cc4)cc2)C2=C(CCC=C2)C2=C3C=CCC2)cc1. The Labute approximate surface area is 294 Å². The van der Waals surface area contributed by atoms with Gasteiger partial charge in [0.1, 0.15) is 6.17 Å². The molecule has 9 rings (SSSR count). The van der Waals surface area contributed by atoms with Crippen molar-refractivity contribution in [1.82, 2.24) is 0 Å². The second kappa shape index (κ2) is 12.8. The highest BCUT2D eigenvalue weighted by atomic mass is 15.3. The van der Waals surface area contributed by atoms with E-state index in [0.29, 0.717) is 5.56 Å². The minimum Gasteiger partial charge on any atom is -0.333 e. The van der Waals surface area contributed by atoms with Crippen LogP contribution in [-0.4, -0.2) is 11.8 Å². The monoisotopic (exact) mass is 646 g/mol. The van der Waals surface area contributed by atoms with Crippen LogP contribution in [-0.2, 0) is 0 Å². The summed E-state index contributed by atoms with van der Waals surface area (Å²) in [5.41, 5.74) is 15.7. The number of nitriles is 1. The van der Waals surface area contributed by atoms with Crippen molar-refractivity contribution >= 4 is 22.8 Å². The number of aliphatic imine (C=N–C) groups is 1. The highest BCUT2D eigenvalue weighted by Crippen LogP contribution is 2.48. The van der Waals surface area contributed by atoms with Gasteiger partial charge in [-0.3, -0.25) is 4.99 Å². The highest BCUT2D eigenvalue weighted by Gasteiger charge is 2.44. The third-order valence-corrected chi connectivity index (χ3v) is 10.6. The summed E-state index contributed by atoms with van der Waals surface area (Å²) < 4.78 is 0. The number of anilines is 3. The van der Waals surface area contributed by atoms with E-state index in [1.54, 1.807) is 0 Å². The number of hydrogen-bond acceptors (Lipinski definition) is 4. The first-order chi connectivity index (χ1) is 24.8. The molecule has 5 aliphatic rings. The number of rotatable bonds is 6. The molecule has 0 spiro atoms. The number of fused-ring (bicyclic) bond motifs is 4. The maximum atomic E-state index is 9.55. The Morgan fingerprint density at radius 1 is 0.660 bits per heavy atom.